The molecule has 0 unspecified atom stereocenters. The van der Waals surface area contributed by atoms with Gasteiger partial charge in [0.25, 0.3) is 0 Å². The van der Waals surface area contributed by atoms with E-state index in [9.17, 15) is 4.79 Å². The number of hydrogen-bond acceptors (Lipinski definition) is 2. The normalized spacial score (nSPS) is 10.5. The lowest BCUT2D eigenvalue weighted by molar-refractivity contribution is -0.131. The van der Waals surface area contributed by atoms with Crippen LogP contribution < -0.4 is 5.32 Å². The van der Waals surface area contributed by atoms with Gasteiger partial charge in [0.1, 0.15) is 0 Å². The van der Waals surface area contributed by atoms with Gasteiger partial charge in [-0.1, -0.05) is 17.7 Å². The molecule has 5 heteroatoms. The number of rotatable bonds is 4. The second kappa shape index (κ2) is 5.78. The molecule has 0 bridgehead atoms. The number of halogens is 2. The minimum atomic E-state index is -0.957. The molecule has 1 aromatic rings. The Morgan fingerprint density at radius 2 is 2.33 bits per heavy atom. The fourth-order valence-corrected chi connectivity index (χ4v) is 1.52. The molecule has 3 nitrogen and oxygen atoms in total. The SMILES string of the molecule is O=C(O)/C=C/CNc1cc(Cl)ccc1Br. The summed E-state index contributed by atoms with van der Waals surface area (Å²) in [5.41, 5.74) is 0.831. The van der Waals surface area contributed by atoms with E-state index in [4.69, 9.17) is 16.7 Å². The van der Waals surface area contributed by atoms with Crippen molar-refractivity contribution in [1.29, 1.82) is 0 Å². The van der Waals surface area contributed by atoms with E-state index >= 15 is 0 Å². The maximum Gasteiger partial charge on any atom is 0.328 e. The Bertz CT molecular complexity index is 393. The molecule has 0 atom stereocenters. The lowest BCUT2D eigenvalue weighted by Gasteiger charge is -2.06. The molecule has 1 rings (SSSR count). The van der Waals surface area contributed by atoms with E-state index in [1.807, 2.05) is 6.07 Å². The summed E-state index contributed by atoms with van der Waals surface area (Å²) in [5, 5.41) is 12.0. The number of nitrogens with one attached hydrogen (secondary N) is 1. The zero-order valence-corrected chi connectivity index (χ0v) is 10.0. The molecule has 0 aromatic heterocycles. The van der Waals surface area contributed by atoms with E-state index in [0.29, 0.717) is 11.6 Å². The van der Waals surface area contributed by atoms with Crippen LogP contribution in [0.4, 0.5) is 5.69 Å². The standard InChI is InChI=1S/C10H9BrClNO2/c11-8-4-3-7(12)6-9(8)13-5-1-2-10(14)15/h1-4,6,13H,5H2,(H,14,15)/b2-1+. The number of hydrogen-bond donors (Lipinski definition) is 2. The van der Waals surface area contributed by atoms with Crippen LogP contribution in [0.1, 0.15) is 0 Å². The van der Waals surface area contributed by atoms with Gasteiger partial charge in [-0.15, -0.1) is 0 Å². The maximum atomic E-state index is 10.2. The highest BCUT2D eigenvalue weighted by Gasteiger charge is 1.98. The van der Waals surface area contributed by atoms with Crippen LogP contribution in [-0.4, -0.2) is 17.6 Å². The molecule has 0 saturated heterocycles. The molecule has 0 fully saturated rings. The molecule has 80 valence electrons. The van der Waals surface area contributed by atoms with Crippen molar-refractivity contribution in [3.05, 3.63) is 39.8 Å². The van der Waals surface area contributed by atoms with E-state index in [1.165, 1.54) is 6.08 Å². The van der Waals surface area contributed by atoms with Gasteiger partial charge in [0, 0.05) is 22.1 Å². The first-order chi connectivity index (χ1) is 7.09. The van der Waals surface area contributed by atoms with Gasteiger partial charge < -0.3 is 10.4 Å². The van der Waals surface area contributed by atoms with Crippen molar-refractivity contribution in [2.45, 2.75) is 0 Å². The summed E-state index contributed by atoms with van der Waals surface area (Å²) >= 11 is 9.16. The van der Waals surface area contributed by atoms with Gasteiger partial charge >= 0.3 is 5.97 Å². The average Bonchev–Trinajstić information content (AvgIpc) is 2.17. The minimum absolute atomic E-state index is 0.436. The molecule has 15 heavy (non-hydrogen) atoms. The lowest BCUT2D eigenvalue weighted by atomic mass is 10.3. The van der Waals surface area contributed by atoms with Crippen molar-refractivity contribution in [3.8, 4) is 0 Å². The van der Waals surface area contributed by atoms with Crippen molar-refractivity contribution < 1.29 is 9.90 Å². The van der Waals surface area contributed by atoms with Gasteiger partial charge in [0.2, 0.25) is 0 Å². The third-order valence-corrected chi connectivity index (χ3v) is 2.53. The predicted molar refractivity (Wildman–Crippen MR) is 64.4 cm³/mol. The number of anilines is 1. The highest BCUT2D eigenvalue weighted by Crippen LogP contribution is 2.25. The summed E-state index contributed by atoms with van der Waals surface area (Å²) in [6.45, 7) is 0.436. The first-order valence-electron chi connectivity index (χ1n) is 4.18. The van der Waals surface area contributed by atoms with Crippen LogP contribution in [0.2, 0.25) is 5.02 Å². The van der Waals surface area contributed by atoms with Gasteiger partial charge in [-0.2, -0.15) is 0 Å². The van der Waals surface area contributed by atoms with Crippen molar-refractivity contribution >= 4 is 39.2 Å². The number of carboxylic acid groups (broad SMARTS) is 1. The Morgan fingerprint density at radius 3 is 3.00 bits per heavy atom. The van der Waals surface area contributed by atoms with E-state index in [-0.39, 0.29) is 0 Å². The minimum Gasteiger partial charge on any atom is -0.478 e. The number of carbonyl (C=O) groups is 1. The van der Waals surface area contributed by atoms with Crippen LogP contribution >= 0.6 is 27.5 Å². The average molecular weight is 291 g/mol. The van der Waals surface area contributed by atoms with Gasteiger partial charge in [-0.05, 0) is 34.1 Å². The molecule has 0 radical (unpaired) electrons. The van der Waals surface area contributed by atoms with Crippen LogP contribution in [-0.2, 0) is 4.79 Å². The first-order valence-corrected chi connectivity index (χ1v) is 5.35. The van der Waals surface area contributed by atoms with E-state index in [1.54, 1.807) is 12.1 Å². The summed E-state index contributed by atoms with van der Waals surface area (Å²) in [6.07, 6.45) is 2.61. The summed E-state index contributed by atoms with van der Waals surface area (Å²) < 4.78 is 0.885. The molecular formula is C10H9BrClNO2. The summed E-state index contributed by atoms with van der Waals surface area (Å²) in [4.78, 5) is 10.2. The number of carboxylic acids is 1. The Labute approximate surface area is 101 Å². The van der Waals surface area contributed by atoms with Crippen molar-refractivity contribution in [3.63, 3.8) is 0 Å². The second-order valence-electron chi connectivity index (χ2n) is 2.75. The second-order valence-corrected chi connectivity index (χ2v) is 4.04. The molecule has 0 heterocycles. The van der Waals surface area contributed by atoms with Crippen molar-refractivity contribution in [2.75, 3.05) is 11.9 Å². The van der Waals surface area contributed by atoms with Gasteiger partial charge in [0.15, 0.2) is 0 Å². The smallest absolute Gasteiger partial charge is 0.328 e. The van der Waals surface area contributed by atoms with Crippen LogP contribution in [0.25, 0.3) is 0 Å². The molecule has 0 amide bonds. The van der Waals surface area contributed by atoms with Crippen LogP contribution in [0, 0.1) is 0 Å². The van der Waals surface area contributed by atoms with Crippen LogP contribution in [0.15, 0.2) is 34.8 Å². The topological polar surface area (TPSA) is 49.3 Å². The molecule has 1 aromatic carbocycles. The fourth-order valence-electron chi connectivity index (χ4n) is 0.962. The highest BCUT2D eigenvalue weighted by molar-refractivity contribution is 9.10. The van der Waals surface area contributed by atoms with E-state index in [2.05, 4.69) is 21.2 Å². The fraction of sp³-hybridized carbons (Fsp3) is 0.100. The first kappa shape index (κ1) is 12.1. The van der Waals surface area contributed by atoms with Crippen LogP contribution in [0.3, 0.4) is 0 Å². The molecule has 0 spiro atoms. The maximum absolute atomic E-state index is 10.2. The number of benzene rings is 1. The molecule has 0 saturated carbocycles. The third-order valence-electron chi connectivity index (χ3n) is 1.60. The largest absolute Gasteiger partial charge is 0.478 e. The zero-order valence-electron chi connectivity index (χ0n) is 7.71. The van der Waals surface area contributed by atoms with E-state index < -0.39 is 5.97 Å². The monoisotopic (exact) mass is 289 g/mol. The van der Waals surface area contributed by atoms with Gasteiger partial charge in [-0.3, -0.25) is 0 Å². The zero-order chi connectivity index (χ0) is 11.3. The summed E-state index contributed by atoms with van der Waals surface area (Å²) in [6, 6.07) is 5.36. The van der Waals surface area contributed by atoms with Crippen molar-refractivity contribution in [2.24, 2.45) is 0 Å². The van der Waals surface area contributed by atoms with Crippen LogP contribution in [0.5, 0.6) is 0 Å². The van der Waals surface area contributed by atoms with Gasteiger partial charge in [0.05, 0.1) is 5.69 Å². The Balaban J connectivity index is 2.57. The quantitative estimate of drug-likeness (QED) is 0.838. The lowest BCUT2D eigenvalue weighted by Crippen LogP contribution is -2.00. The molecule has 2 N–H and O–H groups in total. The van der Waals surface area contributed by atoms with Gasteiger partial charge in [-0.25, -0.2) is 4.79 Å². The molecule has 0 aliphatic rings. The molecule has 0 aliphatic heterocycles. The summed E-state index contributed by atoms with van der Waals surface area (Å²) in [7, 11) is 0. The summed E-state index contributed by atoms with van der Waals surface area (Å²) in [5.74, 6) is -0.957. The predicted octanol–water partition coefficient (Wildman–Crippen LogP) is 3.16. The Kier molecular flexibility index (Phi) is 4.65. The molecular weight excluding hydrogens is 281 g/mol. The Hall–Kier alpha value is -1.000. The highest BCUT2D eigenvalue weighted by atomic mass is 79.9. The van der Waals surface area contributed by atoms with Crippen molar-refractivity contribution in [1.82, 2.24) is 0 Å². The molecule has 0 aliphatic carbocycles. The van der Waals surface area contributed by atoms with E-state index in [0.717, 1.165) is 16.2 Å². The third kappa shape index (κ3) is 4.36. The number of aliphatic carboxylic acids is 1. The Morgan fingerprint density at radius 1 is 1.60 bits per heavy atom.